The van der Waals surface area contributed by atoms with E-state index in [0.717, 1.165) is 36.5 Å². The molecule has 1 aliphatic rings. The van der Waals surface area contributed by atoms with Crippen LogP contribution in [-0.4, -0.2) is 37.1 Å². The molecule has 3 rings (SSSR count). The van der Waals surface area contributed by atoms with Crippen molar-refractivity contribution in [3.05, 3.63) is 48.2 Å². The maximum Gasteiger partial charge on any atom is 0.244 e. The highest BCUT2D eigenvalue weighted by molar-refractivity contribution is 7.98. The van der Waals surface area contributed by atoms with Gasteiger partial charge in [-0.1, -0.05) is 25.0 Å². The van der Waals surface area contributed by atoms with Crippen molar-refractivity contribution >= 4 is 33.5 Å². The summed E-state index contributed by atoms with van der Waals surface area (Å²) in [6, 6.07) is 12.0. The molecule has 1 fully saturated rings. The Morgan fingerprint density at radius 2 is 1.69 bits per heavy atom. The number of pyridine rings is 1. The molecule has 0 unspecified atom stereocenters. The fourth-order valence-corrected chi connectivity index (χ4v) is 5.58. The SMILES string of the molecule is CSc1ccc(CSc2ccc(S(=O)(=O)N3CCCCCC3)cn2)cc1. The van der Waals surface area contributed by atoms with Crippen molar-refractivity contribution in [3.8, 4) is 0 Å². The Hall–Kier alpha value is -1.02. The van der Waals surface area contributed by atoms with Gasteiger partial charge in [0.15, 0.2) is 0 Å². The van der Waals surface area contributed by atoms with Crippen molar-refractivity contribution in [2.45, 2.75) is 46.3 Å². The number of nitrogens with zero attached hydrogens (tertiary/aromatic N) is 2. The average Bonchev–Trinajstić information content (AvgIpc) is 2.97. The van der Waals surface area contributed by atoms with E-state index < -0.39 is 10.0 Å². The molecule has 0 aliphatic carbocycles. The van der Waals surface area contributed by atoms with Gasteiger partial charge in [0.2, 0.25) is 10.0 Å². The molecule has 1 aliphatic heterocycles. The van der Waals surface area contributed by atoms with Gasteiger partial charge in [-0.15, -0.1) is 23.5 Å². The van der Waals surface area contributed by atoms with Crippen molar-refractivity contribution in [1.29, 1.82) is 0 Å². The molecule has 1 aromatic carbocycles. The fourth-order valence-electron chi connectivity index (χ4n) is 2.91. The summed E-state index contributed by atoms with van der Waals surface area (Å²) >= 11 is 3.35. The van der Waals surface area contributed by atoms with E-state index in [2.05, 4.69) is 35.5 Å². The van der Waals surface area contributed by atoms with Gasteiger partial charge in [-0.25, -0.2) is 13.4 Å². The second kappa shape index (κ2) is 9.26. The van der Waals surface area contributed by atoms with Crippen LogP contribution in [0.4, 0.5) is 0 Å². The van der Waals surface area contributed by atoms with Crippen LogP contribution in [0.25, 0.3) is 0 Å². The maximum atomic E-state index is 12.8. The normalized spacial score (nSPS) is 16.3. The molecule has 0 saturated carbocycles. The summed E-state index contributed by atoms with van der Waals surface area (Å²) in [5.41, 5.74) is 1.23. The highest BCUT2D eigenvalue weighted by Gasteiger charge is 2.25. The van der Waals surface area contributed by atoms with E-state index in [4.69, 9.17) is 0 Å². The second-order valence-corrected chi connectivity index (χ2v) is 10.1. The zero-order valence-corrected chi connectivity index (χ0v) is 17.4. The summed E-state index contributed by atoms with van der Waals surface area (Å²) in [5, 5.41) is 0.841. The molecule has 0 amide bonds. The molecule has 140 valence electrons. The van der Waals surface area contributed by atoms with E-state index in [-0.39, 0.29) is 0 Å². The van der Waals surface area contributed by atoms with Crippen LogP contribution in [-0.2, 0) is 15.8 Å². The summed E-state index contributed by atoms with van der Waals surface area (Å²) in [7, 11) is -3.42. The molecule has 0 bridgehead atoms. The molecule has 0 radical (unpaired) electrons. The molecule has 0 atom stereocenters. The number of thioether (sulfide) groups is 2. The lowest BCUT2D eigenvalue weighted by molar-refractivity contribution is 0.423. The minimum absolute atomic E-state index is 0.299. The van der Waals surface area contributed by atoms with Crippen LogP contribution in [0.15, 0.2) is 57.4 Å². The van der Waals surface area contributed by atoms with Crippen LogP contribution in [0.1, 0.15) is 31.2 Å². The number of benzene rings is 1. The summed E-state index contributed by atoms with van der Waals surface area (Å²) in [6.45, 7) is 1.23. The first-order chi connectivity index (χ1) is 12.6. The Bertz CT molecular complexity index is 798. The summed E-state index contributed by atoms with van der Waals surface area (Å²) in [4.78, 5) is 5.91. The topological polar surface area (TPSA) is 50.3 Å². The lowest BCUT2D eigenvalue weighted by atomic mass is 10.2. The van der Waals surface area contributed by atoms with Crippen molar-refractivity contribution in [2.24, 2.45) is 0 Å². The van der Waals surface area contributed by atoms with Crippen molar-refractivity contribution in [1.82, 2.24) is 9.29 Å². The van der Waals surface area contributed by atoms with Crippen LogP contribution in [0.5, 0.6) is 0 Å². The number of sulfonamides is 1. The van der Waals surface area contributed by atoms with Gasteiger partial charge >= 0.3 is 0 Å². The molecular weight excluding hydrogens is 384 g/mol. The van der Waals surface area contributed by atoms with E-state index in [0.29, 0.717) is 18.0 Å². The monoisotopic (exact) mass is 408 g/mol. The highest BCUT2D eigenvalue weighted by atomic mass is 32.2. The summed E-state index contributed by atoms with van der Waals surface area (Å²) < 4.78 is 27.1. The molecule has 2 aromatic rings. The van der Waals surface area contributed by atoms with Gasteiger partial charge < -0.3 is 0 Å². The van der Waals surface area contributed by atoms with Gasteiger partial charge in [-0.3, -0.25) is 0 Å². The van der Waals surface area contributed by atoms with E-state index in [1.165, 1.54) is 16.7 Å². The number of aromatic nitrogens is 1. The van der Waals surface area contributed by atoms with Gasteiger partial charge in [0.05, 0.1) is 5.03 Å². The second-order valence-electron chi connectivity index (χ2n) is 6.29. The third kappa shape index (κ3) is 5.03. The molecule has 1 aromatic heterocycles. The van der Waals surface area contributed by atoms with Crippen molar-refractivity contribution < 1.29 is 8.42 Å². The Balaban J connectivity index is 1.63. The molecule has 4 nitrogen and oxygen atoms in total. The van der Waals surface area contributed by atoms with Crippen molar-refractivity contribution in [2.75, 3.05) is 19.3 Å². The van der Waals surface area contributed by atoms with Gasteiger partial charge in [0.1, 0.15) is 4.90 Å². The highest BCUT2D eigenvalue weighted by Crippen LogP contribution is 2.25. The van der Waals surface area contributed by atoms with Gasteiger partial charge in [0, 0.05) is 29.9 Å². The zero-order chi connectivity index (χ0) is 18.4. The molecule has 0 spiro atoms. The lowest BCUT2D eigenvalue weighted by Crippen LogP contribution is -2.32. The van der Waals surface area contributed by atoms with Crippen LogP contribution < -0.4 is 0 Å². The predicted octanol–water partition coefficient (Wildman–Crippen LogP) is 4.66. The average molecular weight is 409 g/mol. The van der Waals surface area contributed by atoms with Crippen LogP contribution in [0, 0.1) is 0 Å². The minimum atomic E-state index is -3.42. The largest absolute Gasteiger partial charge is 0.249 e. The Kier molecular flexibility index (Phi) is 7.03. The standard InChI is InChI=1S/C19H24N2O2S3/c1-24-17-8-6-16(7-9-17)15-25-19-11-10-18(14-20-19)26(22,23)21-12-4-2-3-5-13-21/h6-11,14H,2-5,12-13,15H2,1H3. The Morgan fingerprint density at radius 3 is 2.27 bits per heavy atom. The van der Waals surface area contributed by atoms with E-state index in [1.807, 2.05) is 6.07 Å². The molecule has 0 N–H and O–H groups in total. The van der Waals surface area contributed by atoms with Crippen LogP contribution in [0.2, 0.25) is 0 Å². The summed E-state index contributed by atoms with van der Waals surface area (Å²) in [5.74, 6) is 0.819. The molecule has 26 heavy (non-hydrogen) atoms. The third-order valence-electron chi connectivity index (χ3n) is 4.46. The number of rotatable bonds is 6. The van der Waals surface area contributed by atoms with Crippen LogP contribution in [0.3, 0.4) is 0 Å². The molecule has 2 heterocycles. The lowest BCUT2D eigenvalue weighted by Gasteiger charge is -2.19. The first-order valence-corrected chi connectivity index (χ1v) is 12.5. The van der Waals surface area contributed by atoms with Crippen molar-refractivity contribution in [3.63, 3.8) is 0 Å². The predicted molar refractivity (Wildman–Crippen MR) is 109 cm³/mol. The number of hydrogen-bond donors (Lipinski definition) is 0. The van der Waals surface area contributed by atoms with E-state index in [1.54, 1.807) is 33.9 Å². The van der Waals surface area contributed by atoms with Gasteiger partial charge in [-0.2, -0.15) is 4.31 Å². The van der Waals surface area contributed by atoms with E-state index in [9.17, 15) is 8.42 Å². The maximum absolute atomic E-state index is 12.8. The molecular formula is C19H24N2O2S3. The zero-order valence-electron chi connectivity index (χ0n) is 14.9. The summed E-state index contributed by atoms with van der Waals surface area (Å²) in [6.07, 6.45) is 7.66. The molecule has 1 saturated heterocycles. The minimum Gasteiger partial charge on any atom is -0.249 e. The number of hydrogen-bond acceptors (Lipinski definition) is 5. The van der Waals surface area contributed by atoms with E-state index >= 15 is 0 Å². The Labute approximate surface area is 164 Å². The van der Waals surface area contributed by atoms with Gasteiger partial charge in [-0.05, 0) is 48.9 Å². The third-order valence-corrected chi connectivity index (χ3v) is 8.10. The fraction of sp³-hybridized carbons (Fsp3) is 0.421. The quantitative estimate of drug-likeness (QED) is 0.651. The first kappa shape index (κ1) is 19.7. The van der Waals surface area contributed by atoms with Gasteiger partial charge in [0.25, 0.3) is 0 Å². The smallest absolute Gasteiger partial charge is 0.244 e. The van der Waals surface area contributed by atoms with Crippen LogP contribution >= 0.6 is 23.5 Å². The molecule has 7 heteroatoms. The Morgan fingerprint density at radius 1 is 1.00 bits per heavy atom. The first-order valence-electron chi connectivity index (χ1n) is 8.81.